The third kappa shape index (κ3) is 2.00. The number of hydrogen-bond acceptors (Lipinski definition) is 2. The fourth-order valence-corrected chi connectivity index (χ4v) is 3.37. The summed E-state index contributed by atoms with van der Waals surface area (Å²) in [6, 6.07) is 16.4. The first-order chi connectivity index (χ1) is 11.6. The highest BCUT2D eigenvalue weighted by Crippen LogP contribution is 2.37. The Hall–Kier alpha value is -3.12. The van der Waals surface area contributed by atoms with Gasteiger partial charge in [-0.2, -0.15) is 5.26 Å². The van der Waals surface area contributed by atoms with E-state index in [1.165, 1.54) is 5.56 Å². The zero-order valence-electron chi connectivity index (χ0n) is 13.9. The first kappa shape index (κ1) is 14.5. The average Bonchev–Trinajstić information content (AvgIpc) is 2.94. The number of pyridine rings is 1. The average molecular weight is 313 g/mol. The Bertz CT molecular complexity index is 1150. The monoisotopic (exact) mass is 313 g/mol. The minimum atomic E-state index is 0.570. The van der Waals surface area contributed by atoms with Crippen molar-refractivity contribution in [2.75, 3.05) is 0 Å². The van der Waals surface area contributed by atoms with Gasteiger partial charge in [0.05, 0.1) is 11.1 Å². The Labute approximate surface area is 140 Å². The van der Waals surface area contributed by atoms with E-state index >= 15 is 0 Å². The highest BCUT2D eigenvalue weighted by molar-refractivity contribution is 6.10. The number of aryl methyl sites for hydroxylation is 3. The molecule has 3 nitrogen and oxygen atoms in total. The molecule has 2 aromatic carbocycles. The van der Waals surface area contributed by atoms with Gasteiger partial charge in [-0.15, -0.1) is 0 Å². The first-order valence-electron chi connectivity index (χ1n) is 7.91. The van der Waals surface area contributed by atoms with Gasteiger partial charge in [0.2, 0.25) is 5.69 Å². The molecule has 0 atom stereocenters. The van der Waals surface area contributed by atoms with Gasteiger partial charge in [-0.25, -0.2) is 4.57 Å². The molecule has 0 N–H and O–H groups in total. The second kappa shape index (κ2) is 5.21. The van der Waals surface area contributed by atoms with Crippen LogP contribution in [0.25, 0.3) is 33.2 Å². The quantitative estimate of drug-likeness (QED) is 0.483. The van der Waals surface area contributed by atoms with Gasteiger partial charge in [0, 0.05) is 22.4 Å². The van der Waals surface area contributed by atoms with E-state index in [9.17, 15) is 5.26 Å². The van der Waals surface area contributed by atoms with Gasteiger partial charge in [-0.05, 0) is 31.5 Å². The van der Waals surface area contributed by atoms with Crippen molar-refractivity contribution >= 4 is 21.9 Å². The molecule has 0 saturated heterocycles. The zero-order chi connectivity index (χ0) is 16.8. The van der Waals surface area contributed by atoms with Crippen LogP contribution in [-0.4, -0.2) is 0 Å². The number of aromatic nitrogens is 1. The minimum absolute atomic E-state index is 0.570. The summed E-state index contributed by atoms with van der Waals surface area (Å²) in [5, 5.41) is 11.4. The van der Waals surface area contributed by atoms with Crippen LogP contribution in [0, 0.1) is 25.2 Å². The molecule has 4 aromatic rings. The predicted molar refractivity (Wildman–Crippen MR) is 94.5 cm³/mol. The van der Waals surface area contributed by atoms with Crippen molar-refractivity contribution < 1.29 is 8.98 Å². The molecule has 0 fully saturated rings. The third-order valence-electron chi connectivity index (χ3n) is 4.53. The van der Waals surface area contributed by atoms with Gasteiger partial charge >= 0.3 is 0 Å². The van der Waals surface area contributed by atoms with Crippen LogP contribution in [0.1, 0.15) is 16.7 Å². The molecule has 0 aliphatic carbocycles. The lowest BCUT2D eigenvalue weighted by molar-refractivity contribution is -0.660. The van der Waals surface area contributed by atoms with E-state index < -0.39 is 0 Å². The smallest absolute Gasteiger partial charge is 0.216 e. The largest absolute Gasteiger partial charge is 0.454 e. The van der Waals surface area contributed by atoms with Crippen molar-refractivity contribution in [2.45, 2.75) is 13.8 Å². The fraction of sp³-hybridized carbons (Fsp3) is 0.143. The maximum Gasteiger partial charge on any atom is 0.216 e. The number of nitriles is 1. The summed E-state index contributed by atoms with van der Waals surface area (Å²) >= 11 is 0. The van der Waals surface area contributed by atoms with E-state index in [-0.39, 0.29) is 0 Å². The Morgan fingerprint density at radius 3 is 2.50 bits per heavy atom. The number of para-hydroxylation sites is 1. The van der Waals surface area contributed by atoms with Crippen molar-refractivity contribution in [1.29, 1.82) is 5.26 Å². The van der Waals surface area contributed by atoms with E-state index in [1.54, 1.807) is 6.07 Å². The normalized spacial score (nSPS) is 11.1. The molecule has 0 spiro atoms. The van der Waals surface area contributed by atoms with Crippen molar-refractivity contribution in [2.24, 2.45) is 7.05 Å². The topological polar surface area (TPSA) is 40.8 Å². The van der Waals surface area contributed by atoms with Crippen molar-refractivity contribution in [1.82, 2.24) is 0 Å². The van der Waals surface area contributed by atoms with Crippen LogP contribution < -0.4 is 4.57 Å². The first-order valence-corrected chi connectivity index (χ1v) is 7.91. The van der Waals surface area contributed by atoms with Crippen molar-refractivity contribution in [3.63, 3.8) is 0 Å². The third-order valence-corrected chi connectivity index (χ3v) is 4.53. The maximum atomic E-state index is 9.36. The van der Waals surface area contributed by atoms with E-state index in [1.807, 2.05) is 19.2 Å². The second-order valence-corrected chi connectivity index (χ2v) is 6.23. The van der Waals surface area contributed by atoms with Gasteiger partial charge in [-0.3, -0.25) is 0 Å². The van der Waals surface area contributed by atoms with Crippen LogP contribution >= 0.6 is 0 Å². The maximum absolute atomic E-state index is 9.36. The molecule has 0 saturated carbocycles. The zero-order valence-corrected chi connectivity index (χ0v) is 13.9. The van der Waals surface area contributed by atoms with Crippen LogP contribution in [-0.2, 0) is 7.05 Å². The van der Waals surface area contributed by atoms with Gasteiger partial charge in [0.15, 0.2) is 11.8 Å². The molecule has 2 heterocycles. The van der Waals surface area contributed by atoms with Gasteiger partial charge in [0.25, 0.3) is 0 Å². The van der Waals surface area contributed by atoms with Crippen molar-refractivity contribution in [3.8, 4) is 17.3 Å². The molecule has 0 aliphatic heterocycles. The minimum Gasteiger partial charge on any atom is -0.454 e. The molecular weight excluding hydrogens is 296 g/mol. The van der Waals surface area contributed by atoms with Crippen molar-refractivity contribution in [3.05, 3.63) is 65.4 Å². The van der Waals surface area contributed by atoms with Gasteiger partial charge < -0.3 is 4.42 Å². The van der Waals surface area contributed by atoms with E-state index in [4.69, 9.17) is 4.42 Å². The van der Waals surface area contributed by atoms with Crippen LogP contribution in [0.15, 0.2) is 53.1 Å². The Morgan fingerprint density at radius 1 is 0.958 bits per heavy atom. The number of furan rings is 1. The fourth-order valence-electron chi connectivity index (χ4n) is 3.37. The Morgan fingerprint density at radius 2 is 1.75 bits per heavy atom. The molecule has 0 amide bonds. The van der Waals surface area contributed by atoms with E-state index in [0.29, 0.717) is 11.1 Å². The number of nitrogens with zero attached hydrogens (tertiary/aromatic N) is 2. The number of rotatable bonds is 1. The molecule has 116 valence electrons. The van der Waals surface area contributed by atoms with Gasteiger partial charge in [-0.1, -0.05) is 24.3 Å². The standard InChI is InChI=1S/C21H17N2O/c1-13-7-10-18(23(3)12-13)19-14(2)8-9-17-16-6-4-5-15(11-22)20(16)24-21(17)19/h4-10,12H,1-3H3/q+1. The van der Waals surface area contributed by atoms with E-state index in [0.717, 1.165) is 33.2 Å². The summed E-state index contributed by atoms with van der Waals surface area (Å²) in [5.74, 6) is 0. The summed E-state index contributed by atoms with van der Waals surface area (Å²) < 4.78 is 8.31. The number of fused-ring (bicyclic) bond motifs is 3. The number of benzene rings is 2. The lowest BCUT2D eigenvalue weighted by atomic mass is 10.00. The number of hydrogen-bond donors (Lipinski definition) is 0. The van der Waals surface area contributed by atoms with Gasteiger partial charge in [0.1, 0.15) is 18.7 Å². The molecule has 0 unspecified atom stereocenters. The molecule has 24 heavy (non-hydrogen) atoms. The molecule has 3 heteroatoms. The summed E-state index contributed by atoms with van der Waals surface area (Å²) in [7, 11) is 2.05. The molecule has 2 aromatic heterocycles. The highest BCUT2D eigenvalue weighted by Gasteiger charge is 2.21. The lowest BCUT2D eigenvalue weighted by Crippen LogP contribution is -2.31. The molecule has 4 rings (SSSR count). The molecule has 0 aliphatic rings. The molecule has 0 bridgehead atoms. The van der Waals surface area contributed by atoms with Crippen LogP contribution in [0.5, 0.6) is 0 Å². The summed E-state index contributed by atoms with van der Waals surface area (Å²) in [4.78, 5) is 0. The van der Waals surface area contributed by atoms with E-state index in [2.05, 4.69) is 54.9 Å². The lowest BCUT2D eigenvalue weighted by Gasteiger charge is -2.05. The Balaban J connectivity index is 2.16. The Kier molecular flexibility index (Phi) is 3.14. The summed E-state index contributed by atoms with van der Waals surface area (Å²) in [5.41, 5.74) is 6.61. The van der Waals surface area contributed by atoms with Crippen LogP contribution in [0.3, 0.4) is 0 Å². The summed E-state index contributed by atoms with van der Waals surface area (Å²) in [6.07, 6.45) is 2.11. The second-order valence-electron chi connectivity index (χ2n) is 6.23. The highest BCUT2D eigenvalue weighted by atomic mass is 16.3. The summed E-state index contributed by atoms with van der Waals surface area (Å²) in [6.45, 7) is 4.17. The van der Waals surface area contributed by atoms with Crippen LogP contribution in [0.4, 0.5) is 0 Å². The molecular formula is C21H17N2O+. The molecule has 0 radical (unpaired) electrons. The SMILES string of the molecule is Cc1ccc(-c2c(C)ccc3c2oc2c(C#N)cccc23)[n+](C)c1. The van der Waals surface area contributed by atoms with Crippen LogP contribution in [0.2, 0.25) is 0 Å². The predicted octanol–water partition coefficient (Wildman–Crippen LogP) is 4.57.